The van der Waals surface area contributed by atoms with Crippen molar-refractivity contribution in [3.63, 3.8) is 0 Å². The van der Waals surface area contributed by atoms with E-state index in [0.717, 1.165) is 16.9 Å². The summed E-state index contributed by atoms with van der Waals surface area (Å²) in [4.78, 5) is 0. The van der Waals surface area contributed by atoms with Gasteiger partial charge in [-0.1, -0.05) is 23.7 Å². The molecule has 0 spiro atoms. The van der Waals surface area contributed by atoms with Crippen LogP contribution in [0.15, 0.2) is 42.5 Å². The molecule has 4 heteroatoms. The lowest BCUT2D eigenvalue weighted by Crippen LogP contribution is -2.06. The van der Waals surface area contributed by atoms with Crippen molar-refractivity contribution in [3.8, 4) is 17.6 Å². The second-order valence-corrected chi connectivity index (χ2v) is 5.46. The molecular weight excluding hydrogens is 298 g/mol. The Hall–Kier alpha value is -2.18. The van der Waals surface area contributed by atoms with Gasteiger partial charge >= 0.3 is 0 Å². The van der Waals surface area contributed by atoms with Crippen LogP contribution in [0.5, 0.6) is 11.5 Å². The average molecular weight is 316 g/mol. The molecule has 0 N–H and O–H groups in total. The number of methoxy groups -OCH3 is 1. The topological polar surface area (TPSA) is 42.2 Å². The molecule has 0 fully saturated rings. The Labute approximate surface area is 136 Å². The number of hydrogen-bond donors (Lipinski definition) is 0. The number of nitriles is 1. The molecule has 0 aliphatic heterocycles. The fourth-order valence-corrected chi connectivity index (χ4v) is 2.45. The van der Waals surface area contributed by atoms with Crippen molar-refractivity contribution in [2.45, 2.75) is 19.3 Å². The van der Waals surface area contributed by atoms with Crippen LogP contribution in [0.1, 0.15) is 23.5 Å². The van der Waals surface area contributed by atoms with E-state index in [1.165, 1.54) is 0 Å². The van der Waals surface area contributed by atoms with Crippen LogP contribution >= 0.6 is 11.6 Å². The normalized spacial score (nSPS) is 11.5. The average Bonchev–Trinajstić information content (AvgIpc) is 2.52. The fraction of sp³-hybridized carbons (Fsp3) is 0.278. The van der Waals surface area contributed by atoms with Crippen LogP contribution in [-0.4, -0.2) is 13.7 Å². The van der Waals surface area contributed by atoms with Crippen LogP contribution in [0.4, 0.5) is 0 Å². The maximum Gasteiger partial charge on any atom is 0.123 e. The van der Waals surface area contributed by atoms with Gasteiger partial charge in [0, 0.05) is 17.0 Å². The van der Waals surface area contributed by atoms with Crippen molar-refractivity contribution in [2.75, 3.05) is 13.7 Å². The number of hydrogen-bond acceptors (Lipinski definition) is 3. The Morgan fingerprint density at radius 2 is 2.05 bits per heavy atom. The molecule has 0 radical (unpaired) electrons. The van der Waals surface area contributed by atoms with E-state index in [-0.39, 0.29) is 5.92 Å². The summed E-state index contributed by atoms with van der Waals surface area (Å²) in [6, 6.07) is 15.5. The zero-order valence-electron chi connectivity index (χ0n) is 12.7. The predicted molar refractivity (Wildman–Crippen MR) is 87.6 cm³/mol. The third-order valence-electron chi connectivity index (χ3n) is 3.39. The highest BCUT2D eigenvalue weighted by Crippen LogP contribution is 2.31. The van der Waals surface area contributed by atoms with Crippen LogP contribution in [-0.2, 0) is 0 Å². The molecule has 2 aromatic rings. The van der Waals surface area contributed by atoms with Gasteiger partial charge in [0.1, 0.15) is 11.5 Å². The number of halogens is 1. The van der Waals surface area contributed by atoms with E-state index in [1.54, 1.807) is 25.3 Å². The van der Waals surface area contributed by atoms with Crippen molar-refractivity contribution in [3.05, 3.63) is 58.6 Å². The van der Waals surface area contributed by atoms with Crippen molar-refractivity contribution >= 4 is 11.6 Å². The maximum atomic E-state index is 9.43. The largest absolute Gasteiger partial charge is 0.496 e. The molecule has 2 aromatic carbocycles. The van der Waals surface area contributed by atoms with Gasteiger partial charge in [-0.2, -0.15) is 5.26 Å². The number of nitrogens with zero attached hydrogens (tertiary/aromatic N) is 1. The van der Waals surface area contributed by atoms with E-state index in [9.17, 15) is 5.26 Å². The van der Waals surface area contributed by atoms with Crippen LogP contribution in [0.25, 0.3) is 0 Å². The predicted octanol–water partition coefficient (Wildman–Crippen LogP) is 4.73. The standard InChI is InChI=1S/C18H18ClNO2/c1-13-4-3-5-16(10-13)22-9-8-14(12-20)17-11-15(19)6-7-18(17)21-2/h3-7,10-11,14H,8-9H2,1-2H3. The summed E-state index contributed by atoms with van der Waals surface area (Å²) < 4.78 is 11.0. The molecule has 0 saturated heterocycles. The summed E-state index contributed by atoms with van der Waals surface area (Å²) in [5.74, 6) is 1.17. The van der Waals surface area contributed by atoms with Crippen LogP contribution < -0.4 is 9.47 Å². The fourth-order valence-electron chi connectivity index (χ4n) is 2.27. The third kappa shape index (κ3) is 4.16. The number of benzene rings is 2. The van der Waals surface area contributed by atoms with Gasteiger partial charge in [0.05, 0.1) is 25.7 Å². The zero-order valence-corrected chi connectivity index (χ0v) is 13.4. The van der Waals surface area contributed by atoms with E-state index in [1.807, 2.05) is 31.2 Å². The van der Waals surface area contributed by atoms with Gasteiger partial charge in [-0.25, -0.2) is 0 Å². The van der Waals surface area contributed by atoms with Gasteiger partial charge in [0.25, 0.3) is 0 Å². The second kappa shape index (κ2) is 7.72. The van der Waals surface area contributed by atoms with Gasteiger partial charge in [-0.3, -0.25) is 0 Å². The quantitative estimate of drug-likeness (QED) is 0.773. The first-order valence-corrected chi connectivity index (χ1v) is 7.44. The van der Waals surface area contributed by atoms with Gasteiger partial charge in [0.15, 0.2) is 0 Å². The summed E-state index contributed by atoms with van der Waals surface area (Å²) in [7, 11) is 1.59. The lowest BCUT2D eigenvalue weighted by atomic mass is 9.96. The smallest absolute Gasteiger partial charge is 0.123 e. The Kier molecular flexibility index (Phi) is 5.68. The molecule has 0 saturated carbocycles. The van der Waals surface area contributed by atoms with Crippen molar-refractivity contribution < 1.29 is 9.47 Å². The van der Waals surface area contributed by atoms with Gasteiger partial charge < -0.3 is 9.47 Å². The highest BCUT2D eigenvalue weighted by molar-refractivity contribution is 6.30. The van der Waals surface area contributed by atoms with E-state index in [0.29, 0.717) is 23.8 Å². The third-order valence-corrected chi connectivity index (χ3v) is 3.62. The number of aryl methyl sites for hydroxylation is 1. The Morgan fingerprint density at radius 1 is 1.23 bits per heavy atom. The Bertz CT molecular complexity index is 679. The molecular formula is C18H18ClNO2. The molecule has 22 heavy (non-hydrogen) atoms. The minimum atomic E-state index is -0.321. The first kappa shape index (κ1) is 16.2. The summed E-state index contributed by atoms with van der Waals surface area (Å²) in [5.41, 5.74) is 1.94. The molecule has 1 atom stereocenters. The number of ether oxygens (including phenoxy) is 2. The highest BCUT2D eigenvalue weighted by atomic mass is 35.5. The van der Waals surface area contributed by atoms with Crippen LogP contribution in [0, 0.1) is 18.3 Å². The SMILES string of the molecule is COc1ccc(Cl)cc1C(C#N)CCOc1cccc(C)c1. The maximum absolute atomic E-state index is 9.43. The molecule has 0 aliphatic carbocycles. The molecule has 0 heterocycles. The summed E-state index contributed by atoms with van der Waals surface area (Å²) in [6.07, 6.45) is 0.571. The highest BCUT2D eigenvalue weighted by Gasteiger charge is 2.16. The van der Waals surface area contributed by atoms with E-state index in [4.69, 9.17) is 21.1 Å². The lowest BCUT2D eigenvalue weighted by molar-refractivity contribution is 0.304. The molecule has 0 amide bonds. The monoisotopic (exact) mass is 315 g/mol. The van der Waals surface area contributed by atoms with Crippen molar-refractivity contribution in [2.24, 2.45) is 0 Å². The Morgan fingerprint density at radius 3 is 2.73 bits per heavy atom. The lowest BCUT2D eigenvalue weighted by Gasteiger charge is -2.14. The molecule has 3 nitrogen and oxygen atoms in total. The van der Waals surface area contributed by atoms with Crippen molar-refractivity contribution in [1.29, 1.82) is 5.26 Å². The molecule has 2 rings (SSSR count). The molecule has 0 aromatic heterocycles. The van der Waals surface area contributed by atoms with E-state index < -0.39 is 0 Å². The first-order chi connectivity index (χ1) is 10.6. The molecule has 0 aliphatic rings. The Balaban J connectivity index is 2.04. The van der Waals surface area contributed by atoms with Crippen LogP contribution in [0.2, 0.25) is 5.02 Å². The summed E-state index contributed by atoms with van der Waals surface area (Å²) >= 11 is 6.03. The van der Waals surface area contributed by atoms with Gasteiger partial charge in [0.2, 0.25) is 0 Å². The summed E-state index contributed by atoms with van der Waals surface area (Å²) in [5, 5.41) is 10.0. The van der Waals surface area contributed by atoms with Gasteiger partial charge in [-0.15, -0.1) is 0 Å². The van der Waals surface area contributed by atoms with E-state index in [2.05, 4.69) is 6.07 Å². The van der Waals surface area contributed by atoms with Crippen molar-refractivity contribution in [1.82, 2.24) is 0 Å². The molecule has 0 bridgehead atoms. The minimum Gasteiger partial charge on any atom is -0.496 e. The minimum absolute atomic E-state index is 0.321. The van der Waals surface area contributed by atoms with Gasteiger partial charge in [-0.05, 0) is 42.8 Å². The molecule has 114 valence electrons. The zero-order chi connectivity index (χ0) is 15.9. The molecule has 1 unspecified atom stereocenters. The first-order valence-electron chi connectivity index (χ1n) is 7.06. The number of rotatable bonds is 6. The second-order valence-electron chi connectivity index (χ2n) is 5.02. The van der Waals surface area contributed by atoms with Crippen LogP contribution in [0.3, 0.4) is 0 Å². The summed E-state index contributed by atoms with van der Waals surface area (Å²) in [6.45, 7) is 2.47. The van der Waals surface area contributed by atoms with E-state index >= 15 is 0 Å².